The summed E-state index contributed by atoms with van der Waals surface area (Å²) in [6, 6.07) is 13.1. The number of thioether (sulfide) groups is 1. The molecule has 0 bridgehead atoms. The molecule has 1 aliphatic carbocycles. The van der Waals surface area contributed by atoms with Crippen LogP contribution in [0.25, 0.3) is 5.57 Å². The third-order valence-electron chi connectivity index (χ3n) is 6.73. The standard InChI is InChI=1S/C26H25N3O3S2/c1-15-11-12-17(13-16(15)2)27-21(30)14-28-20-10-6-5-9-19(20)22(24(28)31)23-25(32)29(26(33)34-23)18-7-3-4-8-18/h5-6,9-13,18H,3-4,7-8,14H2,1-2H3,(H,27,30). The molecule has 0 unspecified atom stereocenters. The molecule has 8 heteroatoms. The Morgan fingerprint density at radius 3 is 2.53 bits per heavy atom. The van der Waals surface area contributed by atoms with Gasteiger partial charge in [-0.25, -0.2) is 0 Å². The van der Waals surface area contributed by atoms with Gasteiger partial charge < -0.3 is 5.32 Å². The Kier molecular flexibility index (Phi) is 6.04. The summed E-state index contributed by atoms with van der Waals surface area (Å²) in [7, 11) is 0. The molecular weight excluding hydrogens is 466 g/mol. The van der Waals surface area contributed by atoms with Crippen molar-refractivity contribution in [3.8, 4) is 0 Å². The van der Waals surface area contributed by atoms with Gasteiger partial charge in [0.05, 0.1) is 16.2 Å². The molecule has 0 atom stereocenters. The zero-order valence-electron chi connectivity index (χ0n) is 19.1. The molecule has 2 fully saturated rings. The minimum Gasteiger partial charge on any atom is -0.325 e. The number of carbonyl (C=O) groups is 3. The highest BCUT2D eigenvalue weighted by Crippen LogP contribution is 2.46. The zero-order valence-corrected chi connectivity index (χ0v) is 20.7. The maximum Gasteiger partial charge on any atom is 0.267 e. The first-order chi connectivity index (χ1) is 16.3. The summed E-state index contributed by atoms with van der Waals surface area (Å²) in [5, 5.41) is 2.88. The first kappa shape index (κ1) is 22.8. The van der Waals surface area contributed by atoms with Gasteiger partial charge in [0.25, 0.3) is 11.8 Å². The topological polar surface area (TPSA) is 69.7 Å². The third kappa shape index (κ3) is 3.95. The number of aryl methyl sites for hydroxylation is 2. The van der Waals surface area contributed by atoms with Gasteiger partial charge in [0.1, 0.15) is 10.9 Å². The van der Waals surface area contributed by atoms with E-state index in [9.17, 15) is 14.4 Å². The fraction of sp³-hybridized carbons (Fsp3) is 0.308. The van der Waals surface area contributed by atoms with Gasteiger partial charge in [-0.15, -0.1) is 0 Å². The average molecular weight is 492 g/mol. The van der Waals surface area contributed by atoms with E-state index in [0.717, 1.165) is 36.8 Å². The molecule has 174 valence electrons. The summed E-state index contributed by atoms with van der Waals surface area (Å²) in [6.07, 6.45) is 4.03. The Labute approximate surface area is 208 Å². The number of para-hydroxylation sites is 1. The maximum atomic E-state index is 13.6. The summed E-state index contributed by atoms with van der Waals surface area (Å²) in [6.45, 7) is 3.85. The number of fused-ring (bicyclic) bond motifs is 1. The second-order valence-corrected chi connectivity index (χ2v) is 10.6. The van der Waals surface area contributed by atoms with Gasteiger partial charge in [0.2, 0.25) is 5.91 Å². The Bertz CT molecular complexity index is 1260. The van der Waals surface area contributed by atoms with Crippen molar-refractivity contribution in [2.45, 2.75) is 45.6 Å². The fourth-order valence-corrected chi connectivity index (χ4v) is 6.30. The van der Waals surface area contributed by atoms with E-state index in [1.165, 1.54) is 16.7 Å². The summed E-state index contributed by atoms with van der Waals surface area (Å²) >= 11 is 6.74. The highest BCUT2D eigenvalue weighted by molar-refractivity contribution is 8.26. The summed E-state index contributed by atoms with van der Waals surface area (Å²) in [4.78, 5) is 43.3. The lowest BCUT2D eigenvalue weighted by molar-refractivity contribution is -0.123. The van der Waals surface area contributed by atoms with Crippen molar-refractivity contribution in [2.24, 2.45) is 0 Å². The molecule has 2 aromatic carbocycles. The van der Waals surface area contributed by atoms with Crippen LogP contribution >= 0.6 is 24.0 Å². The first-order valence-corrected chi connectivity index (χ1v) is 12.7. The molecule has 2 aromatic rings. The average Bonchev–Trinajstić information content (AvgIpc) is 3.49. The van der Waals surface area contributed by atoms with Gasteiger partial charge in [-0.3, -0.25) is 24.2 Å². The summed E-state index contributed by atoms with van der Waals surface area (Å²) in [5.41, 5.74) is 4.54. The number of carbonyl (C=O) groups excluding carboxylic acids is 3. The van der Waals surface area contributed by atoms with Gasteiger partial charge >= 0.3 is 0 Å². The number of benzene rings is 2. The second kappa shape index (κ2) is 9.00. The van der Waals surface area contributed by atoms with E-state index in [1.807, 2.05) is 50.2 Å². The minimum absolute atomic E-state index is 0.109. The number of nitrogens with one attached hydrogen (secondary N) is 1. The van der Waals surface area contributed by atoms with Crippen LogP contribution in [0.15, 0.2) is 47.4 Å². The normalized spacial score (nSPS) is 20.5. The monoisotopic (exact) mass is 491 g/mol. The molecule has 3 aliphatic rings. The highest BCUT2D eigenvalue weighted by Gasteiger charge is 2.44. The van der Waals surface area contributed by atoms with E-state index in [0.29, 0.717) is 31.7 Å². The van der Waals surface area contributed by atoms with Crippen LogP contribution in [0.5, 0.6) is 0 Å². The lowest BCUT2D eigenvalue weighted by Crippen LogP contribution is -2.37. The van der Waals surface area contributed by atoms with E-state index >= 15 is 0 Å². The second-order valence-electron chi connectivity index (χ2n) is 8.94. The molecule has 34 heavy (non-hydrogen) atoms. The minimum atomic E-state index is -0.344. The highest BCUT2D eigenvalue weighted by atomic mass is 32.2. The largest absolute Gasteiger partial charge is 0.325 e. The number of thiocarbonyl (C=S) groups is 1. The maximum absolute atomic E-state index is 13.6. The lowest BCUT2D eigenvalue weighted by Gasteiger charge is -2.22. The van der Waals surface area contributed by atoms with Gasteiger partial charge in [-0.05, 0) is 56.0 Å². The number of hydrogen-bond donors (Lipinski definition) is 1. The van der Waals surface area contributed by atoms with Crippen LogP contribution < -0.4 is 10.2 Å². The predicted molar refractivity (Wildman–Crippen MR) is 140 cm³/mol. The number of anilines is 2. The SMILES string of the molecule is Cc1ccc(NC(=O)CN2C(=O)C(=C3SC(=S)N(C4CCCC4)C3=O)c3ccccc32)cc1C. The van der Waals surface area contributed by atoms with Crippen LogP contribution in [0.3, 0.4) is 0 Å². The van der Waals surface area contributed by atoms with Crippen LogP contribution in [-0.2, 0) is 14.4 Å². The quantitative estimate of drug-likeness (QED) is 0.491. The molecule has 0 spiro atoms. The van der Waals surface area contributed by atoms with Crippen molar-refractivity contribution < 1.29 is 14.4 Å². The van der Waals surface area contributed by atoms with Crippen molar-refractivity contribution in [3.63, 3.8) is 0 Å². The predicted octanol–water partition coefficient (Wildman–Crippen LogP) is 4.80. The molecule has 5 rings (SSSR count). The van der Waals surface area contributed by atoms with E-state index < -0.39 is 0 Å². The first-order valence-electron chi connectivity index (χ1n) is 11.4. The third-order valence-corrected chi connectivity index (χ3v) is 8.13. The molecule has 1 saturated carbocycles. The van der Waals surface area contributed by atoms with Crippen LogP contribution in [0.1, 0.15) is 42.4 Å². The Morgan fingerprint density at radius 1 is 1.06 bits per heavy atom. The van der Waals surface area contributed by atoms with Gasteiger partial charge in [0, 0.05) is 17.3 Å². The van der Waals surface area contributed by atoms with Gasteiger partial charge in [-0.1, -0.05) is 61.1 Å². The Balaban J connectivity index is 1.43. The van der Waals surface area contributed by atoms with E-state index in [2.05, 4.69) is 5.32 Å². The molecule has 2 heterocycles. The number of nitrogens with zero attached hydrogens (tertiary/aromatic N) is 2. The van der Waals surface area contributed by atoms with E-state index in [-0.39, 0.29) is 30.3 Å². The van der Waals surface area contributed by atoms with Crippen LogP contribution in [-0.4, -0.2) is 39.5 Å². The number of rotatable bonds is 4. The molecule has 0 aromatic heterocycles. The van der Waals surface area contributed by atoms with Gasteiger partial charge in [0.15, 0.2) is 0 Å². The van der Waals surface area contributed by atoms with Crippen molar-refractivity contribution in [2.75, 3.05) is 16.8 Å². The molecular formula is C26H25N3O3S2. The Morgan fingerprint density at radius 2 is 1.79 bits per heavy atom. The van der Waals surface area contributed by atoms with Crippen LogP contribution in [0.4, 0.5) is 11.4 Å². The number of hydrogen-bond acceptors (Lipinski definition) is 5. The molecule has 1 saturated heterocycles. The fourth-order valence-electron chi connectivity index (χ4n) is 4.83. The van der Waals surface area contributed by atoms with Crippen molar-refractivity contribution >= 4 is 63.0 Å². The molecule has 3 amide bonds. The van der Waals surface area contributed by atoms with Crippen LogP contribution in [0.2, 0.25) is 0 Å². The van der Waals surface area contributed by atoms with E-state index in [4.69, 9.17) is 12.2 Å². The molecule has 6 nitrogen and oxygen atoms in total. The van der Waals surface area contributed by atoms with E-state index in [1.54, 1.807) is 11.0 Å². The molecule has 1 N–H and O–H groups in total. The Hall–Kier alpha value is -2.97. The zero-order chi connectivity index (χ0) is 24.0. The summed E-state index contributed by atoms with van der Waals surface area (Å²) in [5.74, 6) is -0.837. The number of amides is 3. The van der Waals surface area contributed by atoms with Crippen molar-refractivity contribution in [1.82, 2.24) is 4.90 Å². The smallest absolute Gasteiger partial charge is 0.267 e. The van der Waals surface area contributed by atoms with Crippen LogP contribution in [0, 0.1) is 13.8 Å². The van der Waals surface area contributed by atoms with Crippen molar-refractivity contribution in [1.29, 1.82) is 0 Å². The summed E-state index contributed by atoms with van der Waals surface area (Å²) < 4.78 is 0.510. The molecule has 0 radical (unpaired) electrons. The molecule has 2 aliphatic heterocycles. The lowest BCUT2D eigenvalue weighted by atomic mass is 10.1. The van der Waals surface area contributed by atoms with Gasteiger partial charge in [-0.2, -0.15) is 0 Å². The van der Waals surface area contributed by atoms with Crippen molar-refractivity contribution in [3.05, 3.63) is 64.1 Å².